The summed E-state index contributed by atoms with van der Waals surface area (Å²) in [4.78, 5) is 14.2. The molecule has 1 amide bonds. The number of carbonyl (C=O) groups is 1. The van der Waals surface area contributed by atoms with Crippen LogP contribution in [0.2, 0.25) is 0 Å². The van der Waals surface area contributed by atoms with E-state index in [1.165, 1.54) is 0 Å². The molecule has 3 N–H and O–H groups in total. The fourth-order valence-corrected chi connectivity index (χ4v) is 2.95. The predicted molar refractivity (Wildman–Crippen MR) is 79.1 cm³/mol. The molecule has 2 heterocycles. The number of aromatic nitrogens is 1. The van der Waals surface area contributed by atoms with E-state index in [0.717, 1.165) is 12.8 Å². The molecule has 0 unspecified atom stereocenters. The summed E-state index contributed by atoms with van der Waals surface area (Å²) in [7, 11) is 1.73. The van der Waals surface area contributed by atoms with Crippen molar-refractivity contribution in [3.05, 3.63) is 18.0 Å². The summed E-state index contributed by atoms with van der Waals surface area (Å²) < 4.78 is 7.24. The van der Waals surface area contributed by atoms with E-state index in [1.54, 1.807) is 18.0 Å². The summed E-state index contributed by atoms with van der Waals surface area (Å²) in [5.74, 6) is -0.0847. The molecular formula is C15H23N3O3. The molecule has 0 bridgehead atoms. The Kier molecular flexibility index (Phi) is 3.67. The molecule has 1 saturated carbocycles. The van der Waals surface area contributed by atoms with E-state index in [1.807, 2.05) is 10.8 Å². The monoisotopic (exact) mass is 293 g/mol. The summed E-state index contributed by atoms with van der Waals surface area (Å²) in [6, 6.07) is 2.13. The summed E-state index contributed by atoms with van der Waals surface area (Å²) in [6.07, 6.45) is 5.16. The van der Waals surface area contributed by atoms with Crippen molar-refractivity contribution in [2.75, 3.05) is 32.5 Å². The number of nitrogens with two attached hydrogens (primary N) is 1. The second-order valence-corrected chi connectivity index (χ2v) is 6.30. The van der Waals surface area contributed by atoms with Gasteiger partial charge in [0.2, 0.25) is 0 Å². The zero-order valence-electron chi connectivity index (χ0n) is 12.4. The quantitative estimate of drug-likeness (QED) is 0.868. The highest BCUT2D eigenvalue weighted by Crippen LogP contribution is 2.37. The molecule has 6 heteroatoms. The number of nitrogens with zero attached hydrogens (tertiary/aromatic N) is 2. The molecule has 0 spiro atoms. The molecule has 1 aromatic rings. The SMILES string of the molecule is CN(CC1(O)CCOCC1)C(=O)c1cc(N)cn1C1CC1. The van der Waals surface area contributed by atoms with Gasteiger partial charge in [0.05, 0.1) is 11.3 Å². The summed E-state index contributed by atoms with van der Waals surface area (Å²) in [6.45, 7) is 1.42. The maximum absolute atomic E-state index is 12.6. The van der Waals surface area contributed by atoms with Crippen molar-refractivity contribution in [1.29, 1.82) is 0 Å². The lowest BCUT2D eigenvalue weighted by atomic mass is 9.94. The maximum atomic E-state index is 12.6. The van der Waals surface area contributed by atoms with Gasteiger partial charge in [-0.2, -0.15) is 0 Å². The minimum atomic E-state index is -0.842. The molecule has 0 atom stereocenters. The number of aliphatic hydroxyl groups is 1. The van der Waals surface area contributed by atoms with Crippen LogP contribution in [-0.2, 0) is 4.74 Å². The Bertz CT molecular complexity index is 530. The van der Waals surface area contributed by atoms with Gasteiger partial charge in [0, 0.05) is 51.9 Å². The van der Waals surface area contributed by atoms with Gasteiger partial charge < -0.3 is 25.0 Å². The number of likely N-dealkylation sites (N-methyl/N-ethyl adjacent to an activating group) is 1. The highest BCUT2D eigenvalue weighted by atomic mass is 16.5. The molecule has 1 aromatic heterocycles. The fourth-order valence-electron chi connectivity index (χ4n) is 2.95. The van der Waals surface area contributed by atoms with Gasteiger partial charge in [0.25, 0.3) is 5.91 Å². The number of amides is 1. The van der Waals surface area contributed by atoms with Crippen LogP contribution in [0.15, 0.2) is 12.3 Å². The number of rotatable bonds is 4. The van der Waals surface area contributed by atoms with E-state index in [2.05, 4.69) is 0 Å². The summed E-state index contributed by atoms with van der Waals surface area (Å²) in [5, 5.41) is 10.5. The van der Waals surface area contributed by atoms with Gasteiger partial charge in [-0.25, -0.2) is 0 Å². The molecule has 3 rings (SSSR count). The Balaban J connectivity index is 1.72. The molecule has 0 radical (unpaired) electrons. The van der Waals surface area contributed by atoms with Crippen molar-refractivity contribution in [3.63, 3.8) is 0 Å². The number of nitrogen functional groups attached to an aromatic ring is 1. The van der Waals surface area contributed by atoms with Gasteiger partial charge in [-0.15, -0.1) is 0 Å². The Morgan fingerprint density at radius 2 is 2.19 bits per heavy atom. The molecule has 2 aliphatic rings. The van der Waals surface area contributed by atoms with Crippen molar-refractivity contribution in [2.24, 2.45) is 0 Å². The predicted octanol–water partition coefficient (Wildman–Crippen LogP) is 1.02. The van der Waals surface area contributed by atoms with Gasteiger partial charge in [-0.05, 0) is 18.9 Å². The van der Waals surface area contributed by atoms with Gasteiger partial charge >= 0.3 is 0 Å². The molecule has 1 aliphatic carbocycles. The number of hydrogen-bond donors (Lipinski definition) is 2. The van der Waals surface area contributed by atoms with Gasteiger partial charge in [0.15, 0.2) is 0 Å². The second-order valence-electron chi connectivity index (χ2n) is 6.30. The van der Waals surface area contributed by atoms with Crippen LogP contribution in [0.25, 0.3) is 0 Å². The summed E-state index contributed by atoms with van der Waals surface area (Å²) in [5.41, 5.74) is 6.23. The smallest absolute Gasteiger partial charge is 0.270 e. The van der Waals surface area contributed by atoms with E-state index in [4.69, 9.17) is 10.5 Å². The van der Waals surface area contributed by atoms with Crippen LogP contribution < -0.4 is 5.73 Å². The topological polar surface area (TPSA) is 80.7 Å². The third kappa shape index (κ3) is 3.06. The lowest BCUT2D eigenvalue weighted by Crippen LogP contribution is -2.47. The van der Waals surface area contributed by atoms with Crippen LogP contribution in [0.3, 0.4) is 0 Å². The minimum Gasteiger partial charge on any atom is -0.397 e. The van der Waals surface area contributed by atoms with E-state index in [9.17, 15) is 9.90 Å². The van der Waals surface area contributed by atoms with Gasteiger partial charge in [-0.3, -0.25) is 4.79 Å². The molecular weight excluding hydrogens is 270 g/mol. The zero-order chi connectivity index (χ0) is 15.0. The first-order chi connectivity index (χ1) is 9.98. The van der Waals surface area contributed by atoms with Crippen molar-refractivity contribution in [1.82, 2.24) is 9.47 Å². The third-order valence-corrected chi connectivity index (χ3v) is 4.33. The van der Waals surface area contributed by atoms with E-state index in [-0.39, 0.29) is 5.91 Å². The number of hydrogen-bond acceptors (Lipinski definition) is 4. The molecule has 2 fully saturated rings. The Morgan fingerprint density at radius 1 is 1.52 bits per heavy atom. The van der Waals surface area contributed by atoms with Crippen molar-refractivity contribution < 1.29 is 14.6 Å². The van der Waals surface area contributed by atoms with Crippen molar-refractivity contribution in [3.8, 4) is 0 Å². The van der Waals surface area contributed by atoms with Crippen molar-refractivity contribution >= 4 is 11.6 Å². The third-order valence-electron chi connectivity index (χ3n) is 4.33. The van der Waals surface area contributed by atoms with Crippen LogP contribution in [0, 0.1) is 0 Å². The Hall–Kier alpha value is -1.53. The van der Waals surface area contributed by atoms with Crippen LogP contribution >= 0.6 is 0 Å². The largest absolute Gasteiger partial charge is 0.397 e. The molecule has 1 saturated heterocycles. The average molecular weight is 293 g/mol. The molecule has 116 valence electrons. The maximum Gasteiger partial charge on any atom is 0.270 e. The number of anilines is 1. The standard InChI is InChI=1S/C15H23N3O3/c1-17(10-15(20)4-6-21-7-5-15)14(19)13-8-11(16)9-18(13)12-2-3-12/h8-9,12,20H,2-7,10,16H2,1H3. The normalized spacial score (nSPS) is 21.2. The first-order valence-corrected chi connectivity index (χ1v) is 7.51. The first kappa shape index (κ1) is 14.4. The van der Waals surface area contributed by atoms with E-state index in [0.29, 0.717) is 50.0 Å². The lowest BCUT2D eigenvalue weighted by molar-refractivity contribution is -0.0735. The number of carbonyl (C=O) groups excluding carboxylic acids is 1. The van der Waals surface area contributed by atoms with Crippen LogP contribution in [-0.4, -0.2) is 52.9 Å². The Morgan fingerprint density at radius 3 is 2.81 bits per heavy atom. The molecule has 21 heavy (non-hydrogen) atoms. The first-order valence-electron chi connectivity index (χ1n) is 7.51. The summed E-state index contributed by atoms with van der Waals surface area (Å²) >= 11 is 0. The zero-order valence-corrected chi connectivity index (χ0v) is 12.4. The average Bonchev–Trinajstić information content (AvgIpc) is 3.21. The molecule has 1 aliphatic heterocycles. The minimum absolute atomic E-state index is 0.0847. The van der Waals surface area contributed by atoms with Gasteiger partial charge in [-0.1, -0.05) is 0 Å². The highest BCUT2D eigenvalue weighted by Gasteiger charge is 2.34. The van der Waals surface area contributed by atoms with Crippen molar-refractivity contribution in [2.45, 2.75) is 37.3 Å². The fraction of sp³-hybridized carbons (Fsp3) is 0.667. The molecule has 6 nitrogen and oxygen atoms in total. The van der Waals surface area contributed by atoms with Crippen LogP contribution in [0.5, 0.6) is 0 Å². The Labute approximate surface area is 124 Å². The second kappa shape index (κ2) is 5.35. The number of ether oxygens (including phenoxy) is 1. The van der Waals surface area contributed by atoms with Crippen LogP contribution in [0.1, 0.15) is 42.2 Å². The van der Waals surface area contributed by atoms with Gasteiger partial charge in [0.1, 0.15) is 5.69 Å². The highest BCUT2D eigenvalue weighted by molar-refractivity contribution is 5.93. The van der Waals surface area contributed by atoms with E-state index >= 15 is 0 Å². The van der Waals surface area contributed by atoms with E-state index < -0.39 is 5.60 Å². The lowest BCUT2D eigenvalue weighted by Gasteiger charge is -2.35. The molecule has 0 aromatic carbocycles. The van der Waals surface area contributed by atoms with Crippen LogP contribution in [0.4, 0.5) is 5.69 Å².